The number of nitrogens with zero attached hydrogens (tertiary/aromatic N) is 1. The van der Waals surface area contributed by atoms with Gasteiger partial charge in [-0.3, -0.25) is 14.9 Å². The summed E-state index contributed by atoms with van der Waals surface area (Å²) in [6.45, 7) is 1.93. The molecule has 0 bridgehead atoms. The Hall–Kier alpha value is -2.74. The number of hydrogen-bond donors (Lipinski definition) is 3. The smallest absolute Gasteiger partial charge is 0.325 e. The van der Waals surface area contributed by atoms with E-state index in [1.165, 1.54) is 11.3 Å². The number of anilines is 2. The number of carboxylic acids is 1. The van der Waals surface area contributed by atoms with Crippen LogP contribution in [0.1, 0.15) is 59.3 Å². The maximum Gasteiger partial charge on any atom is 0.325 e. The second kappa shape index (κ2) is 9.65. The summed E-state index contributed by atoms with van der Waals surface area (Å²) in [5.41, 5.74) is 2.03. The lowest BCUT2D eigenvalue weighted by Crippen LogP contribution is -2.22. The Morgan fingerprint density at radius 1 is 1.21 bits per heavy atom. The van der Waals surface area contributed by atoms with Crippen LogP contribution < -0.4 is 10.6 Å². The van der Waals surface area contributed by atoms with Crippen LogP contribution in [0.5, 0.6) is 0 Å². The molecule has 8 heteroatoms. The number of nitrogens with one attached hydrogen (secondary N) is 2. The molecule has 2 aromatic rings. The fourth-order valence-electron chi connectivity index (χ4n) is 3.52. The molecule has 1 fully saturated rings. The maximum atomic E-state index is 12.9. The van der Waals surface area contributed by atoms with Crippen LogP contribution in [0, 0.1) is 12.8 Å². The Morgan fingerprint density at radius 2 is 1.97 bits per heavy atom. The maximum absolute atomic E-state index is 12.9. The van der Waals surface area contributed by atoms with Crippen molar-refractivity contribution in [3.05, 3.63) is 40.4 Å². The highest BCUT2D eigenvalue weighted by molar-refractivity contribution is 7.15. The molecule has 0 unspecified atom stereocenters. The van der Waals surface area contributed by atoms with Crippen molar-refractivity contribution < 1.29 is 19.5 Å². The van der Waals surface area contributed by atoms with Gasteiger partial charge in [0.25, 0.3) is 0 Å². The van der Waals surface area contributed by atoms with E-state index in [0.29, 0.717) is 29.2 Å². The van der Waals surface area contributed by atoms with Crippen LogP contribution >= 0.6 is 11.3 Å². The number of aliphatic carboxylic acids is 1. The first-order valence-electron chi connectivity index (χ1n) is 9.82. The van der Waals surface area contributed by atoms with E-state index >= 15 is 0 Å². The number of hydrogen-bond acceptors (Lipinski definition) is 5. The molecule has 0 spiro atoms. The highest BCUT2D eigenvalue weighted by Crippen LogP contribution is 2.31. The topological polar surface area (TPSA) is 108 Å². The number of Topliss-reactive ketones (excluding diaryl/α,β-unsaturated/α-hetero) is 1. The van der Waals surface area contributed by atoms with Gasteiger partial charge in [0.1, 0.15) is 0 Å². The summed E-state index contributed by atoms with van der Waals surface area (Å²) in [5, 5.41) is 14.6. The molecule has 1 aliphatic rings. The predicted molar refractivity (Wildman–Crippen MR) is 113 cm³/mol. The molecule has 1 heterocycles. The molecule has 1 aromatic heterocycles. The van der Waals surface area contributed by atoms with Crippen molar-refractivity contribution in [3.63, 3.8) is 0 Å². The van der Waals surface area contributed by atoms with Crippen molar-refractivity contribution in [2.24, 2.45) is 5.92 Å². The van der Waals surface area contributed by atoms with Gasteiger partial charge in [-0.25, -0.2) is 9.78 Å². The summed E-state index contributed by atoms with van der Waals surface area (Å²) in [4.78, 5) is 41.0. The van der Waals surface area contributed by atoms with Crippen LogP contribution in [0.25, 0.3) is 0 Å². The van der Waals surface area contributed by atoms with Gasteiger partial charge in [-0.1, -0.05) is 24.5 Å². The van der Waals surface area contributed by atoms with Crippen molar-refractivity contribution in [3.8, 4) is 0 Å². The second-order valence-electron chi connectivity index (χ2n) is 7.35. The van der Waals surface area contributed by atoms with Gasteiger partial charge in [-0.05, 0) is 44.7 Å². The van der Waals surface area contributed by atoms with Gasteiger partial charge in [0.2, 0.25) is 0 Å². The summed E-state index contributed by atoms with van der Waals surface area (Å²) < 4.78 is 0. The van der Waals surface area contributed by atoms with Gasteiger partial charge in [0.15, 0.2) is 10.9 Å². The third kappa shape index (κ3) is 5.87. The summed E-state index contributed by atoms with van der Waals surface area (Å²) in [6.07, 6.45) is 6.83. The van der Waals surface area contributed by atoms with Crippen LogP contribution in [0.4, 0.5) is 15.6 Å². The van der Waals surface area contributed by atoms with Crippen LogP contribution in [0.2, 0.25) is 0 Å². The van der Waals surface area contributed by atoms with Crippen LogP contribution in [-0.4, -0.2) is 27.9 Å². The third-order valence-electron chi connectivity index (χ3n) is 5.00. The van der Waals surface area contributed by atoms with E-state index in [-0.39, 0.29) is 18.1 Å². The van der Waals surface area contributed by atoms with Crippen molar-refractivity contribution in [1.82, 2.24) is 4.98 Å². The second-order valence-corrected chi connectivity index (χ2v) is 8.47. The first-order valence-corrected chi connectivity index (χ1v) is 10.6. The average Bonchev–Trinajstić information content (AvgIpc) is 3.34. The fraction of sp³-hybridized carbons (Fsp3) is 0.429. The predicted octanol–water partition coefficient (Wildman–Crippen LogP) is 4.88. The fourth-order valence-corrected chi connectivity index (χ4v) is 4.37. The zero-order chi connectivity index (χ0) is 20.8. The van der Waals surface area contributed by atoms with Crippen molar-refractivity contribution >= 4 is 39.9 Å². The molecule has 7 nitrogen and oxygen atoms in total. The zero-order valence-electron chi connectivity index (χ0n) is 16.4. The SMILES string of the molecule is Cc1ccc(NC(=O)Nc2ncc(CCCC(=O)O)s2)c(C(=O)C2CCCC2)c1. The number of carbonyl (C=O) groups is 3. The standard InChI is InChI=1S/C21H25N3O4S/c1-13-9-10-17(16(11-13)19(27)14-5-2-3-6-14)23-20(28)24-21-22-12-15(29-21)7-4-8-18(25)26/h9-12,14H,2-8H2,1H3,(H,25,26)(H2,22,23,24,28). The number of carbonyl (C=O) groups excluding carboxylic acids is 2. The molecule has 0 aliphatic heterocycles. The van der Waals surface area contributed by atoms with E-state index in [4.69, 9.17) is 5.11 Å². The molecule has 1 saturated carbocycles. The molecule has 1 aliphatic carbocycles. The number of thiazole rings is 1. The van der Waals surface area contributed by atoms with Gasteiger partial charge in [-0.15, -0.1) is 11.3 Å². The van der Waals surface area contributed by atoms with E-state index in [2.05, 4.69) is 15.6 Å². The van der Waals surface area contributed by atoms with Crippen LogP contribution in [0.15, 0.2) is 24.4 Å². The monoisotopic (exact) mass is 415 g/mol. The highest BCUT2D eigenvalue weighted by Gasteiger charge is 2.26. The summed E-state index contributed by atoms with van der Waals surface area (Å²) in [6, 6.07) is 5.00. The first kappa shape index (κ1) is 21.0. The minimum atomic E-state index is -0.826. The minimum Gasteiger partial charge on any atom is -0.481 e. The molecule has 0 radical (unpaired) electrons. The Labute approximate surface area is 173 Å². The largest absolute Gasteiger partial charge is 0.481 e. The van der Waals surface area contributed by atoms with Gasteiger partial charge in [0, 0.05) is 29.0 Å². The lowest BCUT2D eigenvalue weighted by atomic mass is 9.94. The number of aryl methyl sites for hydroxylation is 2. The van der Waals surface area contributed by atoms with Crippen molar-refractivity contribution in [2.75, 3.05) is 10.6 Å². The highest BCUT2D eigenvalue weighted by atomic mass is 32.1. The number of urea groups is 1. The lowest BCUT2D eigenvalue weighted by Gasteiger charge is -2.14. The summed E-state index contributed by atoms with van der Waals surface area (Å²) in [5.74, 6) is -0.697. The molecule has 29 heavy (non-hydrogen) atoms. The molecule has 3 rings (SSSR count). The van der Waals surface area contributed by atoms with Gasteiger partial charge in [0.05, 0.1) is 5.69 Å². The molecule has 0 atom stereocenters. The number of rotatable bonds is 8. The molecule has 0 saturated heterocycles. The Bertz CT molecular complexity index is 903. The summed E-state index contributed by atoms with van der Waals surface area (Å²) >= 11 is 1.31. The van der Waals surface area contributed by atoms with E-state index in [1.807, 2.05) is 19.1 Å². The molecule has 2 amide bonds. The van der Waals surface area contributed by atoms with Crippen LogP contribution in [0.3, 0.4) is 0 Å². The molecule has 3 N–H and O–H groups in total. The van der Waals surface area contributed by atoms with Crippen molar-refractivity contribution in [2.45, 2.75) is 51.9 Å². The number of carboxylic acid groups (broad SMARTS) is 1. The van der Waals surface area contributed by atoms with Gasteiger partial charge >= 0.3 is 12.0 Å². The van der Waals surface area contributed by atoms with Gasteiger partial charge < -0.3 is 10.4 Å². The Morgan fingerprint density at radius 3 is 2.69 bits per heavy atom. The molecular weight excluding hydrogens is 390 g/mol. The number of aromatic nitrogens is 1. The third-order valence-corrected chi connectivity index (χ3v) is 5.98. The number of amides is 2. The average molecular weight is 416 g/mol. The summed E-state index contributed by atoms with van der Waals surface area (Å²) in [7, 11) is 0. The minimum absolute atomic E-state index is 0.0349. The van der Waals surface area contributed by atoms with E-state index in [0.717, 1.165) is 36.1 Å². The number of benzene rings is 1. The first-order chi connectivity index (χ1) is 13.9. The normalized spacial score (nSPS) is 14.0. The van der Waals surface area contributed by atoms with Gasteiger partial charge in [-0.2, -0.15) is 0 Å². The van der Waals surface area contributed by atoms with E-state index in [1.54, 1.807) is 12.3 Å². The molecule has 154 valence electrons. The number of ketones is 1. The molecule has 1 aromatic carbocycles. The zero-order valence-corrected chi connectivity index (χ0v) is 17.2. The van der Waals surface area contributed by atoms with Crippen molar-refractivity contribution in [1.29, 1.82) is 0 Å². The Kier molecular flexibility index (Phi) is 6.98. The quantitative estimate of drug-likeness (QED) is 0.533. The molecular formula is C21H25N3O4S. The van der Waals surface area contributed by atoms with Crippen LogP contribution in [-0.2, 0) is 11.2 Å². The van der Waals surface area contributed by atoms with E-state index < -0.39 is 12.0 Å². The van der Waals surface area contributed by atoms with E-state index in [9.17, 15) is 14.4 Å². The lowest BCUT2D eigenvalue weighted by molar-refractivity contribution is -0.137. The Balaban J connectivity index is 1.63.